The third-order valence-electron chi connectivity index (χ3n) is 9.43. The van der Waals surface area contributed by atoms with Crippen molar-refractivity contribution in [3.8, 4) is 0 Å². The summed E-state index contributed by atoms with van der Waals surface area (Å²) >= 11 is 0. The summed E-state index contributed by atoms with van der Waals surface area (Å²) in [4.78, 5) is 12.0. The first-order valence-electron chi connectivity index (χ1n) is 11.6. The minimum Gasteiger partial charge on any atom is -0.470 e. The Morgan fingerprint density at radius 3 is 2.71 bits per heavy atom. The van der Waals surface area contributed by atoms with Gasteiger partial charge in [-0.3, -0.25) is 4.79 Å². The van der Waals surface area contributed by atoms with Crippen LogP contribution >= 0.6 is 0 Å². The summed E-state index contributed by atoms with van der Waals surface area (Å²) in [6, 6.07) is 0. The lowest BCUT2D eigenvalue weighted by atomic mass is 9.47. The van der Waals surface area contributed by atoms with Crippen LogP contribution in [-0.4, -0.2) is 18.7 Å². The summed E-state index contributed by atoms with van der Waals surface area (Å²) in [5, 5.41) is 0. The first kappa shape index (κ1) is 18.9. The van der Waals surface area contributed by atoms with Gasteiger partial charge in [0.25, 0.3) is 0 Å². The smallest absolute Gasteiger partial charge is 0.199 e. The monoisotopic (exact) mass is 384 g/mol. The molecule has 0 unspecified atom stereocenters. The maximum atomic E-state index is 12.0. The van der Waals surface area contributed by atoms with Crippen LogP contribution in [-0.2, 0) is 14.3 Å². The van der Waals surface area contributed by atoms with E-state index < -0.39 is 0 Å². The average molecular weight is 385 g/mol. The lowest BCUT2D eigenvalue weighted by molar-refractivity contribution is -0.132. The van der Waals surface area contributed by atoms with Gasteiger partial charge >= 0.3 is 0 Å². The summed E-state index contributed by atoms with van der Waals surface area (Å²) < 4.78 is 12.1. The Hall–Kier alpha value is -1.09. The van der Waals surface area contributed by atoms with Gasteiger partial charge in [0.2, 0.25) is 0 Å². The Labute approximate surface area is 169 Å². The fraction of sp³-hybridized carbons (Fsp3) is 0.800. The summed E-state index contributed by atoms with van der Waals surface area (Å²) in [6.45, 7) is 9.97. The Morgan fingerprint density at radius 2 is 1.93 bits per heavy atom. The van der Waals surface area contributed by atoms with Crippen LogP contribution in [0.3, 0.4) is 0 Å². The Kier molecular flexibility index (Phi) is 4.36. The van der Waals surface area contributed by atoms with Crippen LogP contribution in [0, 0.1) is 34.5 Å². The third-order valence-corrected chi connectivity index (χ3v) is 9.43. The number of carbonyl (C=O) groups is 1. The summed E-state index contributed by atoms with van der Waals surface area (Å²) in [5.41, 5.74) is 3.66. The first-order chi connectivity index (χ1) is 13.4. The van der Waals surface area contributed by atoms with Gasteiger partial charge in [-0.25, -0.2) is 0 Å². The van der Waals surface area contributed by atoms with Crippen molar-refractivity contribution in [1.29, 1.82) is 0 Å². The third kappa shape index (κ3) is 2.54. The van der Waals surface area contributed by atoms with Gasteiger partial charge in [0.15, 0.2) is 12.1 Å². The zero-order valence-corrected chi connectivity index (χ0v) is 18.1. The quantitative estimate of drug-likeness (QED) is 0.603. The van der Waals surface area contributed by atoms with Crippen molar-refractivity contribution in [3.63, 3.8) is 0 Å². The lowest BCUT2D eigenvalue weighted by Gasteiger charge is -2.57. The van der Waals surface area contributed by atoms with Crippen molar-refractivity contribution in [2.24, 2.45) is 34.5 Å². The van der Waals surface area contributed by atoms with Crippen molar-refractivity contribution >= 4 is 5.78 Å². The Balaban J connectivity index is 1.47. The SMILES string of the molecule is CCO[C@H]1C[C@H]2C[C@H]3[C@@H]4CCC5=CC(=O)CC[C@]5(C)[C@H]4CC[C@]3(C)C2=C(C)O1. The number of ether oxygens (including phenoxy) is 2. The number of allylic oxidation sites excluding steroid dienone is 3. The lowest BCUT2D eigenvalue weighted by Crippen LogP contribution is -2.49. The maximum absolute atomic E-state index is 12.0. The number of rotatable bonds is 2. The van der Waals surface area contributed by atoms with E-state index >= 15 is 0 Å². The van der Waals surface area contributed by atoms with E-state index in [9.17, 15) is 4.79 Å². The van der Waals surface area contributed by atoms with Crippen LogP contribution < -0.4 is 0 Å². The van der Waals surface area contributed by atoms with E-state index in [-0.39, 0.29) is 11.7 Å². The Morgan fingerprint density at radius 1 is 1.11 bits per heavy atom. The second-order valence-electron chi connectivity index (χ2n) is 10.6. The molecular formula is C25H36O3. The average Bonchev–Trinajstić information content (AvgIpc) is 2.95. The molecule has 1 heterocycles. The molecule has 0 spiro atoms. The highest BCUT2D eigenvalue weighted by Crippen LogP contribution is 2.69. The number of hydrogen-bond acceptors (Lipinski definition) is 3. The van der Waals surface area contributed by atoms with E-state index in [0.29, 0.717) is 17.1 Å². The molecule has 5 rings (SSSR count). The minimum atomic E-state index is -0.0546. The van der Waals surface area contributed by atoms with E-state index in [4.69, 9.17) is 9.47 Å². The van der Waals surface area contributed by atoms with Crippen molar-refractivity contribution in [1.82, 2.24) is 0 Å². The number of fused-ring (bicyclic) bond motifs is 7. The van der Waals surface area contributed by atoms with E-state index in [0.717, 1.165) is 55.8 Å². The fourth-order valence-corrected chi connectivity index (χ4v) is 8.27. The van der Waals surface area contributed by atoms with Gasteiger partial charge in [-0.1, -0.05) is 19.4 Å². The fourth-order valence-electron chi connectivity index (χ4n) is 8.27. The van der Waals surface area contributed by atoms with Crippen molar-refractivity contribution in [2.45, 2.75) is 85.4 Å². The van der Waals surface area contributed by atoms with Crippen molar-refractivity contribution in [3.05, 3.63) is 23.0 Å². The molecule has 0 bridgehead atoms. The zero-order valence-electron chi connectivity index (χ0n) is 18.1. The molecule has 0 N–H and O–H groups in total. The van der Waals surface area contributed by atoms with E-state index in [1.165, 1.54) is 31.3 Å². The highest BCUT2D eigenvalue weighted by atomic mass is 16.7. The van der Waals surface area contributed by atoms with Gasteiger partial charge in [0, 0.05) is 19.4 Å². The van der Waals surface area contributed by atoms with Crippen LogP contribution in [0.1, 0.15) is 79.1 Å². The number of ketones is 1. The molecule has 0 aromatic heterocycles. The molecule has 7 atom stereocenters. The molecule has 28 heavy (non-hydrogen) atoms. The minimum absolute atomic E-state index is 0.0546. The van der Waals surface area contributed by atoms with Gasteiger partial charge in [0.05, 0.1) is 5.76 Å². The molecule has 0 saturated heterocycles. The molecule has 0 aromatic carbocycles. The maximum Gasteiger partial charge on any atom is 0.199 e. The van der Waals surface area contributed by atoms with Crippen LogP contribution in [0.5, 0.6) is 0 Å². The molecule has 3 fully saturated rings. The second kappa shape index (κ2) is 6.45. The topological polar surface area (TPSA) is 35.5 Å². The zero-order chi connectivity index (χ0) is 19.7. The van der Waals surface area contributed by atoms with E-state index in [1.54, 1.807) is 5.57 Å². The first-order valence-corrected chi connectivity index (χ1v) is 11.6. The predicted molar refractivity (Wildman–Crippen MR) is 109 cm³/mol. The van der Waals surface area contributed by atoms with Crippen LogP contribution in [0.25, 0.3) is 0 Å². The molecule has 0 aromatic rings. The molecule has 3 saturated carbocycles. The van der Waals surface area contributed by atoms with Gasteiger partial charge in [-0.15, -0.1) is 0 Å². The molecular weight excluding hydrogens is 348 g/mol. The summed E-state index contributed by atoms with van der Waals surface area (Å²) in [7, 11) is 0. The van der Waals surface area contributed by atoms with Crippen LogP contribution in [0.15, 0.2) is 23.0 Å². The molecule has 154 valence electrons. The van der Waals surface area contributed by atoms with Gasteiger partial charge in [-0.2, -0.15) is 0 Å². The number of carbonyl (C=O) groups excluding carboxylic acids is 1. The molecule has 0 amide bonds. The highest BCUT2D eigenvalue weighted by molar-refractivity contribution is 5.91. The van der Waals surface area contributed by atoms with Crippen LogP contribution in [0.2, 0.25) is 0 Å². The highest BCUT2D eigenvalue weighted by Gasteiger charge is 2.60. The molecule has 5 aliphatic rings. The molecule has 0 radical (unpaired) electrons. The van der Waals surface area contributed by atoms with Gasteiger partial charge < -0.3 is 9.47 Å². The largest absolute Gasteiger partial charge is 0.470 e. The standard InChI is InChI=1S/C25H36O3/c1-5-27-22-13-16-12-21-19-7-6-17-14-18(26)8-10-24(17,3)20(19)9-11-25(21,4)23(16)15(2)28-22/h14,16,19-22H,5-13H2,1-4H3/t16-,19-,20+,21+,22-,24+,25+/m1/s1. The van der Waals surface area contributed by atoms with Gasteiger partial charge in [-0.05, 0) is 98.5 Å². The molecule has 3 heteroatoms. The van der Waals surface area contributed by atoms with E-state index in [1.807, 2.05) is 6.08 Å². The van der Waals surface area contributed by atoms with Crippen LogP contribution in [0.4, 0.5) is 0 Å². The summed E-state index contributed by atoms with van der Waals surface area (Å²) in [5.74, 6) is 4.47. The van der Waals surface area contributed by atoms with Crippen molar-refractivity contribution < 1.29 is 14.3 Å². The molecule has 1 aliphatic heterocycles. The van der Waals surface area contributed by atoms with Crippen molar-refractivity contribution in [2.75, 3.05) is 6.61 Å². The van der Waals surface area contributed by atoms with E-state index in [2.05, 4.69) is 27.7 Å². The predicted octanol–water partition coefficient (Wildman–Crippen LogP) is 5.80. The number of hydrogen-bond donors (Lipinski definition) is 0. The Bertz CT molecular complexity index is 749. The molecule has 3 nitrogen and oxygen atoms in total. The van der Waals surface area contributed by atoms with Gasteiger partial charge in [0.1, 0.15) is 0 Å². The summed E-state index contributed by atoms with van der Waals surface area (Å²) in [6.07, 6.45) is 11.1. The molecule has 4 aliphatic carbocycles. The normalized spacial score (nSPS) is 47.5. The second-order valence-corrected chi connectivity index (χ2v) is 10.6.